The molecule has 0 aliphatic carbocycles. The van der Waals surface area contributed by atoms with Crippen molar-refractivity contribution in [3.05, 3.63) is 71.8 Å². The molecule has 3 nitrogen and oxygen atoms in total. The second-order valence-electron chi connectivity index (χ2n) is 6.10. The summed E-state index contributed by atoms with van der Waals surface area (Å²) >= 11 is 0. The van der Waals surface area contributed by atoms with Crippen molar-refractivity contribution >= 4 is 5.91 Å². The zero-order valence-electron chi connectivity index (χ0n) is 13.8. The number of benzene rings is 2. The molecule has 23 heavy (non-hydrogen) atoms. The molecule has 0 saturated carbocycles. The Morgan fingerprint density at radius 1 is 1.00 bits per heavy atom. The van der Waals surface area contributed by atoms with Crippen molar-refractivity contribution in [1.82, 2.24) is 5.32 Å². The summed E-state index contributed by atoms with van der Waals surface area (Å²) in [7, 11) is 0. The number of amides is 1. The molecule has 0 bridgehead atoms. The van der Waals surface area contributed by atoms with Gasteiger partial charge in [0.1, 0.15) is 0 Å². The van der Waals surface area contributed by atoms with Gasteiger partial charge < -0.3 is 10.4 Å². The van der Waals surface area contributed by atoms with Crippen LogP contribution in [0.3, 0.4) is 0 Å². The third kappa shape index (κ3) is 5.53. The fourth-order valence-electron chi connectivity index (χ4n) is 2.66. The van der Waals surface area contributed by atoms with Gasteiger partial charge in [0.25, 0.3) is 0 Å². The summed E-state index contributed by atoms with van der Waals surface area (Å²) in [5.74, 6) is 0.120. The lowest BCUT2D eigenvalue weighted by atomic mass is 9.94. The molecule has 3 atom stereocenters. The first-order valence-electron chi connectivity index (χ1n) is 8.12. The highest BCUT2D eigenvalue weighted by Crippen LogP contribution is 2.18. The van der Waals surface area contributed by atoms with Crippen molar-refractivity contribution in [3.8, 4) is 0 Å². The van der Waals surface area contributed by atoms with Crippen LogP contribution in [0.4, 0.5) is 0 Å². The van der Waals surface area contributed by atoms with Crippen molar-refractivity contribution in [1.29, 1.82) is 0 Å². The van der Waals surface area contributed by atoms with Gasteiger partial charge in [-0.3, -0.25) is 4.79 Å². The first-order valence-corrected chi connectivity index (χ1v) is 8.12. The van der Waals surface area contributed by atoms with E-state index in [0.717, 1.165) is 5.56 Å². The molecule has 2 aromatic carbocycles. The second kappa shape index (κ2) is 8.49. The van der Waals surface area contributed by atoms with Crippen LogP contribution in [0, 0.1) is 0 Å². The number of carbonyl (C=O) groups excluding carboxylic acids is 1. The number of nitrogens with one attached hydrogen (secondary N) is 1. The third-order valence-electron chi connectivity index (χ3n) is 4.20. The summed E-state index contributed by atoms with van der Waals surface area (Å²) in [4.78, 5) is 12.1. The van der Waals surface area contributed by atoms with Crippen LogP contribution in [0.1, 0.15) is 37.3 Å². The van der Waals surface area contributed by atoms with E-state index >= 15 is 0 Å². The number of aliphatic hydroxyl groups is 1. The summed E-state index contributed by atoms with van der Waals surface area (Å²) in [6.45, 7) is 4.10. The van der Waals surface area contributed by atoms with Crippen LogP contribution in [-0.2, 0) is 11.2 Å². The number of rotatable bonds is 7. The van der Waals surface area contributed by atoms with E-state index in [-0.39, 0.29) is 24.3 Å². The first-order chi connectivity index (χ1) is 11.1. The molecule has 0 saturated heterocycles. The van der Waals surface area contributed by atoms with E-state index in [4.69, 9.17) is 0 Å². The molecule has 2 N–H and O–H groups in total. The molecule has 2 aromatic rings. The number of hydrogen-bond donors (Lipinski definition) is 2. The van der Waals surface area contributed by atoms with Crippen LogP contribution in [0.2, 0.25) is 0 Å². The van der Waals surface area contributed by atoms with Crippen molar-refractivity contribution in [2.45, 2.75) is 44.8 Å². The molecule has 0 heterocycles. The predicted molar refractivity (Wildman–Crippen MR) is 93.2 cm³/mol. The fraction of sp³-hybridized carbons (Fsp3) is 0.350. The third-order valence-corrected chi connectivity index (χ3v) is 4.20. The summed E-state index contributed by atoms with van der Waals surface area (Å²) in [5.41, 5.74) is 2.24. The lowest BCUT2D eigenvalue weighted by molar-refractivity contribution is -0.123. The van der Waals surface area contributed by atoms with Crippen LogP contribution in [0.5, 0.6) is 0 Å². The molecule has 0 radical (unpaired) electrons. The van der Waals surface area contributed by atoms with Crippen molar-refractivity contribution < 1.29 is 9.90 Å². The molecule has 2 rings (SSSR count). The zero-order chi connectivity index (χ0) is 16.7. The Bertz CT molecular complexity index is 598. The maximum atomic E-state index is 12.1. The van der Waals surface area contributed by atoms with Gasteiger partial charge in [0.05, 0.1) is 12.5 Å². The van der Waals surface area contributed by atoms with Crippen LogP contribution >= 0.6 is 0 Å². The van der Waals surface area contributed by atoms with Gasteiger partial charge in [-0.25, -0.2) is 0 Å². The molecule has 0 fully saturated rings. The Labute approximate surface area is 138 Å². The van der Waals surface area contributed by atoms with E-state index < -0.39 is 6.10 Å². The highest BCUT2D eigenvalue weighted by molar-refractivity contribution is 5.76. The smallest absolute Gasteiger partial charge is 0.222 e. The molecule has 0 aliphatic heterocycles. The summed E-state index contributed by atoms with van der Waals surface area (Å²) in [6, 6.07) is 19.9. The van der Waals surface area contributed by atoms with Crippen LogP contribution < -0.4 is 5.32 Å². The van der Waals surface area contributed by atoms with Crippen LogP contribution in [0.15, 0.2) is 60.7 Å². The van der Waals surface area contributed by atoms with E-state index in [2.05, 4.69) is 24.4 Å². The largest absolute Gasteiger partial charge is 0.392 e. The highest BCUT2D eigenvalue weighted by atomic mass is 16.3. The Hall–Kier alpha value is -2.13. The zero-order valence-corrected chi connectivity index (χ0v) is 13.8. The number of carbonyl (C=O) groups is 1. The molecule has 0 aliphatic rings. The van der Waals surface area contributed by atoms with Gasteiger partial charge in [-0.15, -0.1) is 0 Å². The van der Waals surface area contributed by atoms with E-state index in [1.54, 1.807) is 0 Å². The molecule has 1 amide bonds. The van der Waals surface area contributed by atoms with E-state index in [1.807, 2.05) is 55.5 Å². The lowest BCUT2D eigenvalue weighted by Gasteiger charge is -2.22. The summed E-state index contributed by atoms with van der Waals surface area (Å²) in [5, 5.41) is 13.1. The topological polar surface area (TPSA) is 49.3 Å². The first kappa shape index (κ1) is 17.2. The average Bonchev–Trinajstić information content (AvgIpc) is 2.55. The Kier molecular flexibility index (Phi) is 6.36. The lowest BCUT2D eigenvalue weighted by Crippen LogP contribution is -2.38. The van der Waals surface area contributed by atoms with Gasteiger partial charge in [-0.2, -0.15) is 0 Å². The van der Waals surface area contributed by atoms with E-state index in [1.165, 1.54) is 5.56 Å². The van der Waals surface area contributed by atoms with Gasteiger partial charge in [0.2, 0.25) is 5.91 Å². The highest BCUT2D eigenvalue weighted by Gasteiger charge is 2.18. The molecule has 3 heteroatoms. The molecule has 122 valence electrons. The second-order valence-corrected chi connectivity index (χ2v) is 6.10. The maximum Gasteiger partial charge on any atom is 0.222 e. The van der Waals surface area contributed by atoms with Crippen molar-refractivity contribution in [3.63, 3.8) is 0 Å². The van der Waals surface area contributed by atoms with Gasteiger partial charge in [-0.1, -0.05) is 67.6 Å². The maximum absolute atomic E-state index is 12.1. The number of aliphatic hydroxyl groups excluding tert-OH is 1. The SMILES string of the molecule is C[C@H](NC(=O)C[C@H](O)Cc1ccccc1)[C@@H](C)c1ccccc1. The Morgan fingerprint density at radius 2 is 1.57 bits per heavy atom. The Balaban J connectivity index is 1.82. The fourth-order valence-corrected chi connectivity index (χ4v) is 2.66. The minimum absolute atomic E-state index is 0.0221. The van der Waals surface area contributed by atoms with Gasteiger partial charge in [-0.05, 0) is 24.5 Å². The quantitative estimate of drug-likeness (QED) is 0.824. The Morgan fingerprint density at radius 3 is 2.17 bits per heavy atom. The normalized spacial score (nSPS) is 14.7. The van der Waals surface area contributed by atoms with Crippen molar-refractivity contribution in [2.24, 2.45) is 0 Å². The van der Waals surface area contributed by atoms with E-state index in [9.17, 15) is 9.90 Å². The molecule has 0 unspecified atom stereocenters. The monoisotopic (exact) mass is 311 g/mol. The predicted octanol–water partition coefficient (Wildman–Crippen LogP) is 3.29. The summed E-state index contributed by atoms with van der Waals surface area (Å²) in [6.07, 6.45) is -0.0333. The van der Waals surface area contributed by atoms with Crippen LogP contribution in [0.25, 0.3) is 0 Å². The van der Waals surface area contributed by atoms with Gasteiger partial charge in [0.15, 0.2) is 0 Å². The van der Waals surface area contributed by atoms with Crippen molar-refractivity contribution in [2.75, 3.05) is 0 Å². The van der Waals surface area contributed by atoms with Crippen LogP contribution in [-0.4, -0.2) is 23.2 Å². The van der Waals surface area contributed by atoms with Gasteiger partial charge in [0, 0.05) is 12.0 Å². The molecular weight excluding hydrogens is 286 g/mol. The summed E-state index contributed by atoms with van der Waals surface area (Å²) < 4.78 is 0. The van der Waals surface area contributed by atoms with Gasteiger partial charge >= 0.3 is 0 Å². The molecule has 0 aromatic heterocycles. The standard InChI is InChI=1S/C20H25NO2/c1-15(18-11-7-4-8-12-18)16(2)21-20(23)14-19(22)13-17-9-5-3-6-10-17/h3-12,15-16,19,22H,13-14H2,1-2H3,(H,21,23)/t15-,16+,19-/m1/s1. The molecule has 0 spiro atoms. The minimum atomic E-state index is -0.656. The number of hydrogen-bond acceptors (Lipinski definition) is 2. The average molecular weight is 311 g/mol. The van der Waals surface area contributed by atoms with E-state index in [0.29, 0.717) is 6.42 Å². The minimum Gasteiger partial charge on any atom is -0.392 e. The molecular formula is C20H25NO2.